The quantitative estimate of drug-likeness (QED) is 0.0490. The molecule has 0 heterocycles. The molecule has 0 atom stereocenters. The number of nitrogen functional groups attached to an aromatic ring is 1. The number of aromatic hydroxyl groups is 1. The molecular formula is C62H94N2O12. The number of rotatable bonds is 4. The molecule has 0 aliphatic carbocycles. The van der Waals surface area contributed by atoms with Crippen LogP contribution in [-0.4, -0.2) is 49.8 Å². The smallest absolute Gasteiger partial charge is 0.508 e. The summed E-state index contributed by atoms with van der Waals surface area (Å²) < 4.78 is 29.2. The van der Waals surface area contributed by atoms with Gasteiger partial charge >= 0.3 is 18.5 Å². The number of methoxy groups -OCH3 is 3. The van der Waals surface area contributed by atoms with E-state index >= 15 is 0 Å². The molecule has 4 aromatic rings. The molecule has 3 N–H and O–H groups in total. The molecule has 4 aromatic carbocycles. The van der Waals surface area contributed by atoms with E-state index < -0.39 is 28.8 Å². The molecule has 14 nitrogen and oxygen atoms in total. The molecule has 0 aromatic heterocycles. The molecule has 0 radical (unpaired) electrons. The highest BCUT2D eigenvalue weighted by atomic mass is 16.7. The first-order chi connectivity index (χ1) is 34.0. The molecule has 0 bridgehead atoms. The summed E-state index contributed by atoms with van der Waals surface area (Å²) in [6.45, 7) is 49.8. The Hall–Kier alpha value is -6.31. The lowest BCUT2D eigenvalue weighted by Gasteiger charge is -2.28. The zero-order valence-corrected chi connectivity index (χ0v) is 51.2. The number of carbonyl (C=O) groups is 3. The number of hydrogen-bond donors (Lipinski definition) is 2. The van der Waals surface area contributed by atoms with Crippen molar-refractivity contribution in [2.24, 2.45) is 0 Å². The fourth-order valence-electron chi connectivity index (χ4n) is 7.58. The van der Waals surface area contributed by atoms with Crippen LogP contribution < -0.4 is 19.9 Å². The lowest BCUT2D eigenvalue weighted by Crippen LogP contribution is -2.20. The Kier molecular flexibility index (Phi) is 22.5. The van der Waals surface area contributed by atoms with Crippen LogP contribution in [0.5, 0.6) is 23.0 Å². The van der Waals surface area contributed by atoms with Crippen molar-refractivity contribution >= 4 is 29.8 Å². The number of nitro groups is 1. The molecule has 0 saturated carbocycles. The summed E-state index contributed by atoms with van der Waals surface area (Å²) in [4.78, 5) is 45.0. The van der Waals surface area contributed by atoms with Crippen LogP contribution in [0, 0.1) is 10.1 Å². The van der Waals surface area contributed by atoms with E-state index in [4.69, 9.17) is 19.9 Å². The number of phenols is 1. The average molecular weight is 1060 g/mol. The maximum atomic E-state index is 11.4. The molecule has 0 spiro atoms. The van der Waals surface area contributed by atoms with Gasteiger partial charge in [-0.2, -0.15) is 0 Å². The van der Waals surface area contributed by atoms with Crippen molar-refractivity contribution in [3.05, 3.63) is 115 Å². The zero-order chi connectivity index (χ0) is 59.7. The van der Waals surface area contributed by atoms with E-state index in [-0.39, 0.29) is 49.3 Å². The Bertz CT molecular complexity index is 2640. The summed E-state index contributed by atoms with van der Waals surface area (Å²) >= 11 is 0. The molecule has 0 aliphatic rings. The fraction of sp³-hybridized carbons (Fsp3) is 0.565. The van der Waals surface area contributed by atoms with Gasteiger partial charge in [-0.05, 0) is 89.8 Å². The minimum atomic E-state index is -0.900. The Morgan fingerprint density at radius 3 is 1.04 bits per heavy atom. The van der Waals surface area contributed by atoms with Crippen LogP contribution in [-0.2, 0) is 57.5 Å². The average Bonchev–Trinajstić information content (AvgIpc) is 3.23. The van der Waals surface area contributed by atoms with E-state index in [1.807, 2.05) is 65.8 Å². The van der Waals surface area contributed by atoms with Gasteiger partial charge in [-0.3, -0.25) is 10.1 Å². The summed E-state index contributed by atoms with van der Waals surface area (Å²) in [6, 6.07) is 18.7. The molecule has 0 amide bonds. The second-order valence-corrected chi connectivity index (χ2v) is 27.2. The highest BCUT2D eigenvalue weighted by Gasteiger charge is 2.32. The summed E-state index contributed by atoms with van der Waals surface area (Å²) in [6.07, 6.45) is -2.32. The second-order valence-electron chi connectivity index (χ2n) is 27.2. The highest BCUT2D eigenvalue weighted by molar-refractivity contribution is 5.69. The minimum Gasteiger partial charge on any atom is -0.508 e. The summed E-state index contributed by atoms with van der Waals surface area (Å²) in [5, 5.41) is 21.2. The number of hydrogen-bond acceptors (Lipinski definition) is 13. The third-order valence-electron chi connectivity index (χ3n) is 12.1. The van der Waals surface area contributed by atoms with Gasteiger partial charge < -0.3 is 39.3 Å². The largest absolute Gasteiger partial charge is 0.513 e. The topological polar surface area (TPSA) is 196 Å². The number of nitrogens with zero attached hydrogens (tertiary/aromatic N) is 1. The lowest BCUT2D eigenvalue weighted by molar-refractivity contribution is -0.386. The van der Waals surface area contributed by atoms with Gasteiger partial charge in [-0.25, -0.2) is 14.4 Å². The van der Waals surface area contributed by atoms with Gasteiger partial charge in [0.2, 0.25) is 0 Å². The van der Waals surface area contributed by atoms with Gasteiger partial charge in [0.15, 0.2) is 0 Å². The normalized spacial score (nSPS) is 12.2. The number of nitrogens with two attached hydrogens (primary N) is 1. The van der Waals surface area contributed by atoms with Crippen molar-refractivity contribution in [3.63, 3.8) is 0 Å². The van der Waals surface area contributed by atoms with Gasteiger partial charge in [-0.1, -0.05) is 190 Å². The first-order valence-electron chi connectivity index (χ1n) is 25.6. The van der Waals surface area contributed by atoms with Crippen molar-refractivity contribution in [2.45, 2.75) is 209 Å². The third-order valence-corrected chi connectivity index (χ3v) is 12.1. The predicted molar refractivity (Wildman–Crippen MR) is 307 cm³/mol. The van der Waals surface area contributed by atoms with Crippen LogP contribution in [0.2, 0.25) is 0 Å². The highest BCUT2D eigenvalue weighted by Crippen LogP contribution is 2.43. The monoisotopic (exact) mass is 1060 g/mol. The van der Waals surface area contributed by atoms with Gasteiger partial charge in [-0.15, -0.1) is 0 Å². The van der Waals surface area contributed by atoms with E-state index in [1.54, 1.807) is 18.2 Å². The van der Waals surface area contributed by atoms with Crippen molar-refractivity contribution in [1.82, 2.24) is 0 Å². The van der Waals surface area contributed by atoms with Gasteiger partial charge in [0.25, 0.3) is 5.69 Å². The van der Waals surface area contributed by atoms with E-state index in [1.165, 1.54) is 38.5 Å². The lowest BCUT2D eigenvalue weighted by atomic mass is 9.79. The van der Waals surface area contributed by atoms with Crippen molar-refractivity contribution < 1.29 is 52.8 Å². The molecule has 76 heavy (non-hydrogen) atoms. The number of anilines is 1. The molecule has 14 heteroatoms. The summed E-state index contributed by atoms with van der Waals surface area (Å²) in [5.74, 6) is 1.57. The second kappa shape index (κ2) is 25.2. The van der Waals surface area contributed by atoms with E-state index in [0.717, 1.165) is 22.3 Å². The predicted octanol–water partition coefficient (Wildman–Crippen LogP) is 16.8. The third kappa shape index (κ3) is 20.3. The van der Waals surface area contributed by atoms with E-state index in [0.29, 0.717) is 34.1 Å². The molecule has 0 aliphatic heterocycles. The molecule has 0 saturated heterocycles. The van der Waals surface area contributed by atoms with Crippen LogP contribution in [0.3, 0.4) is 0 Å². The van der Waals surface area contributed by atoms with Crippen molar-refractivity contribution in [3.8, 4) is 23.0 Å². The van der Waals surface area contributed by atoms with Crippen LogP contribution in [0.25, 0.3) is 0 Å². The Morgan fingerprint density at radius 1 is 0.408 bits per heavy atom. The van der Waals surface area contributed by atoms with Crippen molar-refractivity contribution in [2.75, 3.05) is 27.1 Å². The van der Waals surface area contributed by atoms with Crippen LogP contribution in [0.1, 0.15) is 211 Å². The molecule has 4 rings (SSSR count). The number of benzene rings is 4. The van der Waals surface area contributed by atoms with Gasteiger partial charge in [0, 0.05) is 34.0 Å². The first-order valence-corrected chi connectivity index (χ1v) is 25.6. The maximum absolute atomic E-state index is 11.4. The number of phenolic OH excluding ortho intramolecular Hbond substituents is 1. The molecule has 424 valence electrons. The number of carbonyl (C=O) groups excluding carboxylic acids is 3. The van der Waals surface area contributed by atoms with Crippen LogP contribution in [0.4, 0.5) is 25.8 Å². The standard InChI is InChI=1S/C16H23NO5.C16H25NO3.C16H24O3.C14H22O/c1-15(2,3)10-8-11(16(4,5)6)13(22-14(18)21-7)9-12(10)17(19)20;1-15(2,3)10-8-11(16(4,5)6)13(9-12(10)17)20-14(18)19-7;1-15(2,3)11-8-9-13(19-14(17)18-7)12(10-11)16(4,5)6;1-13(2,3)10-7-8-12(15)11(9-10)14(4,5)6/h8-9H,1-7H3;8-9H,17H2,1-7H3;8-10H,1-7H3;7-9,15H,1-6H3. The molecular weight excluding hydrogens is 965 g/mol. The van der Waals surface area contributed by atoms with E-state index in [2.05, 4.69) is 151 Å². The first kappa shape index (κ1) is 67.7. The zero-order valence-electron chi connectivity index (χ0n) is 51.2. The Balaban J connectivity index is 0.000000511. The SMILES string of the molecule is CC(C)(C)c1ccc(O)c(C(C)(C)C)c1.COC(=O)Oc1cc(N)c(C(C)(C)C)cc1C(C)(C)C.COC(=O)Oc1cc([N+](=O)[O-])c(C(C)(C)C)cc1C(C)(C)C.COC(=O)Oc1ccc(C(C)(C)C)cc1C(C)(C)C. The fourth-order valence-corrected chi connectivity index (χ4v) is 7.58. The van der Waals surface area contributed by atoms with E-state index in [9.17, 15) is 29.6 Å². The maximum Gasteiger partial charge on any atom is 0.513 e. The Morgan fingerprint density at radius 2 is 0.711 bits per heavy atom. The summed E-state index contributed by atoms with van der Waals surface area (Å²) in [7, 11) is 3.78. The van der Waals surface area contributed by atoms with Gasteiger partial charge in [0.05, 0.1) is 32.3 Å². The Labute approximate surface area is 455 Å². The summed E-state index contributed by atoms with van der Waals surface area (Å²) in [5.41, 5.74) is 13.5. The van der Waals surface area contributed by atoms with Gasteiger partial charge in [0.1, 0.15) is 23.0 Å². The van der Waals surface area contributed by atoms with Crippen LogP contribution >= 0.6 is 0 Å². The van der Waals surface area contributed by atoms with Crippen molar-refractivity contribution in [1.29, 1.82) is 0 Å². The number of ether oxygens (including phenoxy) is 6. The minimum absolute atomic E-state index is 0.00859. The molecule has 0 unspecified atom stereocenters. The molecule has 0 fully saturated rings. The number of nitro benzene ring substituents is 1. The van der Waals surface area contributed by atoms with Crippen LogP contribution in [0.15, 0.2) is 60.7 Å².